The van der Waals surface area contributed by atoms with E-state index in [1.54, 1.807) is 12.1 Å². The number of rotatable bonds is 19. The lowest BCUT2D eigenvalue weighted by Crippen LogP contribution is -2.56. The van der Waals surface area contributed by atoms with Crippen molar-refractivity contribution in [2.24, 2.45) is 17.8 Å². The van der Waals surface area contributed by atoms with Crippen LogP contribution in [-0.2, 0) is 20.8 Å². The summed E-state index contributed by atoms with van der Waals surface area (Å²) in [4.78, 5) is 43.0. The van der Waals surface area contributed by atoms with Crippen LogP contribution in [0.1, 0.15) is 76.2 Å². The second-order valence-electron chi connectivity index (χ2n) is 13.8. The number of hydrogen-bond donors (Lipinski definition) is 4. The topological polar surface area (TPSA) is 122 Å². The molecule has 0 spiro atoms. The number of nitrogens with zero attached hydrogens (tertiary/aromatic N) is 2. The summed E-state index contributed by atoms with van der Waals surface area (Å²) in [5.74, 6) is 0.640. The number of hydrogen-bond acceptors (Lipinski definition) is 6. The standard InChI is InChI=1S/C36H53F3N4O5/c1-4-11-29(35(48)41-30(21-26-14-9-6-10-15-26)33(46)31(44)22-27-16-17-27)40-34(47)28(20-25-12-7-5-8-13-25)23-32(45)43(3)19-18-42(2)24-36(37,38)39/h1,5,7-8,12-13,26-31,33,44,46H,6,9-11,14-24H2,2-3H3,(H,40,47)(H,41,48)/t28-,29+,30?,31+,33-/m1/s1. The van der Waals surface area contributed by atoms with Gasteiger partial charge in [0.05, 0.1) is 24.6 Å². The van der Waals surface area contributed by atoms with Gasteiger partial charge >= 0.3 is 6.18 Å². The van der Waals surface area contributed by atoms with E-state index in [0.717, 1.165) is 55.4 Å². The number of carbonyl (C=O) groups excluding carboxylic acids is 3. The zero-order valence-electron chi connectivity index (χ0n) is 28.3. The first kappa shape index (κ1) is 39.3. The SMILES string of the molecule is C#CC[C@H](NC(=O)[C@@H](CC(=O)N(C)CCN(C)CC(F)(F)F)Cc1ccccc1)C(=O)NC(CC1CCCCC1)[C@@H](O)[C@@H](O)CC1CC1. The van der Waals surface area contributed by atoms with Gasteiger partial charge in [0.2, 0.25) is 17.7 Å². The Morgan fingerprint density at radius 1 is 0.938 bits per heavy atom. The molecule has 5 atom stereocenters. The average molecular weight is 679 g/mol. The molecule has 2 fully saturated rings. The summed E-state index contributed by atoms with van der Waals surface area (Å²) in [6, 6.07) is 7.19. The highest BCUT2D eigenvalue weighted by Crippen LogP contribution is 2.35. The number of carbonyl (C=O) groups is 3. The lowest BCUT2D eigenvalue weighted by molar-refractivity contribution is -0.144. The minimum atomic E-state index is -4.36. The van der Waals surface area contributed by atoms with Crippen LogP contribution >= 0.6 is 0 Å². The fraction of sp³-hybridized carbons (Fsp3) is 0.694. The molecule has 12 heteroatoms. The molecule has 1 aromatic rings. The van der Waals surface area contributed by atoms with Crippen LogP contribution in [0.5, 0.6) is 0 Å². The van der Waals surface area contributed by atoms with Gasteiger partial charge in [0, 0.05) is 33.0 Å². The first-order valence-electron chi connectivity index (χ1n) is 17.2. The maximum Gasteiger partial charge on any atom is 0.401 e. The second-order valence-corrected chi connectivity index (χ2v) is 13.8. The summed E-state index contributed by atoms with van der Waals surface area (Å²) in [7, 11) is 2.80. The third-order valence-corrected chi connectivity index (χ3v) is 9.48. The molecule has 2 saturated carbocycles. The van der Waals surface area contributed by atoms with Gasteiger partial charge < -0.3 is 25.7 Å². The number of aliphatic hydroxyl groups excluding tert-OH is 2. The Hall–Kier alpha value is -3.14. The molecule has 0 bridgehead atoms. The summed E-state index contributed by atoms with van der Waals surface area (Å²) >= 11 is 0. The van der Waals surface area contributed by atoms with Gasteiger partial charge in [0.25, 0.3) is 0 Å². The van der Waals surface area contributed by atoms with Crippen molar-refractivity contribution in [2.75, 3.05) is 33.7 Å². The molecule has 2 aliphatic carbocycles. The number of halogens is 3. The van der Waals surface area contributed by atoms with E-state index in [4.69, 9.17) is 6.42 Å². The van der Waals surface area contributed by atoms with Crippen LogP contribution in [0.4, 0.5) is 13.2 Å². The Bertz CT molecular complexity index is 1200. The Kier molecular flexibility index (Phi) is 15.7. The van der Waals surface area contributed by atoms with Crippen LogP contribution in [0.3, 0.4) is 0 Å². The molecule has 0 aromatic heterocycles. The van der Waals surface area contributed by atoms with Crippen molar-refractivity contribution in [3.8, 4) is 12.3 Å². The molecule has 9 nitrogen and oxygen atoms in total. The van der Waals surface area contributed by atoms with E-state index in [0.29, 0.717) is 24.7 Å². The molecule has 0 saturated heterocycles. The monoisotopic (exact) mass is 678 g/mol. The second kappa shape index (κ2) is 19.2. The van der Waals surface area contributed by atoms with E-state index in [2.05, 4.69) is 16.6 Å². The van der Waals surface area contributed by atoms with Gasteiger partial charge in [0.1, 0.15) is 12.1 Å². The third kappa shape index (κ3) is 14.1. The fourth-order valence-corrected chi connectivity index (χ4v) is 6.42. The van der Waals surface area contributed by atoms with E-state index in [1.165, 1.54) is 19.0 Å². The van der Waals surface area contributed by atoms with Crippen LogP contribution < -0.4 is 10.6 Å². The molecule has 268 valence electrons. The molecule has 48 heavy (non-hydrogen) atoms. The zero-order valence-corrected chi connectivity index (χ0v) is 28.3. The molecule has 0 heterocycles. The molecular weight excluding hydrogens is 625 g/mol. The van der Waals surface area contributed by atoms with E-state index in [-0.39, 0.29) is 32.4 Å². The van der Waals surface area contributed by atoms with Crippen LogP contribution in [0, 0.1) is 30.1 Å². The minimum absolute atomic E-state index is 0.00899. The Morgan fingerprint density at radius 2 is 1.58 bits per heavy atom. The lowest BCUT2D eigenvalue weighted by atomic mass is 9.82. The number of benzene rings is 1. The molecule has 0 aliphatic heterocycles. The number of aliphatic hydroxyl groups is 2. The minimum Gasteiger partial charge on any atom is -0.390 e. The largest absolute Gasteiger partial charge is 0.401 e. The molecule has 0 radical (unpaired) electrons. The molecular formula is C36H53F3N4O5. The Balaban J connectivity index is 1.70. The van der Waals surface area contributed by atoms with Crippen molar-refractivity contribution < 1.29 is 37.8 Å². The van der Waals surface area contributed by atoms with Crippen LogP contribution in [0.15, 0.2) is 30.3 Å². The first-order valence-corrected chi connectivity index (χ1v) is 17.2. The normalized spacial score (nSPS) is 18.6. The Morgan fingerprint density at radius 3 is 2.19 bits per heavy atom. The molecule has 1 aromatic carbocycles. The van der Waals surface area contributed by atoms with Gasteiger partial charge in [-0.1, -0.05) is 75.3 Å². The summed E-state index contributed by atoms with van der Waals surface area (Å²) in [5.41, 5.74) is 0.788. The predicted molar refractivity (Wildman–Crippen MR) is 177 cm³/mol. The molecule has 1 unspecified atom stereocenters. The van der Waals surface area contributed by atoms with Gasteiger partial charge in [-0.2, -0.15) is 13.2 Å². The number of likely N-dealkylation sites (N-methyl/N-ethyl adjacent to an activating group) is 2. The first-order chi connectivity index (χ1) is 22.8. The fourth-order valence-electron chi connectivity index (χ4n) is 6.42. The highest BCUT2D eigenvalue weighted by atomic mass is 19.4. The highest BCUT2D eigenvalue weighted by Gasteiger charge is 2.36. The number of alkyl halides is 3. The van der Waals surface area contributed by atoms with Crippen molar-refractivity contribution >= 4 is 17.7 Å². The van der Waals surface area contributed by atoms with Gasteiger partial charge in [-0.25, -0.2) is 0 Å². The smallest absolute Gasteiger partial charge is 0.390 e. The molecule has 3 rings (SSSR count). The molecule has 2 aliphatic rings. The molecule has 3 amide bonds. The predicted octanol–water partition coefficient (Wildman–Crippen LogP) is 3.67. The summed E-state index contributed by atoms with van der Waals surface area (Å²) < 4.78 is 38.2. The van der Waals surface area contributed by atoms with E-state index >= 15 is 0 Å². The van der Waals surface area contributed by atoms with Crippen LogP contribution in [-0.4, -0.2) is 102 Å². The zero-order chi connectivity index (χ0) is 35.3. The van der Waals surface area contributed by atoms with Crippen LogP contribution in [0.2, 0.25) is 0 Å². The third-order valence-electron chi connectivity index (χ3n) is 9.48. The van der Waals surface area contributed by atoms with Crippen LogP contribution in [0.25, 0.3) is 0 Å². The summed E-state index contributed by atoms with van der Waals surface area (Å²) in [6.45, 7) is -1.08. The quantitative estimate of drug-likeness (QED) is 0.166. The lowest BCUT2D eigenvalue weighted by Gasteiger charge is -2.33. The van der Waals surface area contributed by atoms with E-state index in [1.807, 2.05) is 18.2 Å². The van der Waals surface area contributed by atoms with Gasteiger partial charge in [0.15, 0.2) is 0 Å². The van der Waals surface area contributed by atoms with Crippen molar-refractivity contribution in [3.63, 3.8) is 0 Å². The van der Waals surface area contributed by atoms with Gasteiger partial charge in [-0.05, 0) is 43.7 Å². The highest BCUT2D eigenvalue weighted by molar-refractivity contribution is 5.91. The van der Waals surface area contributed by atoms with Gasteiger partial charge in [-0.3, -0.25) is 19.3 Å². The van der Waals surface area contributed by atoms with Crippen molar-refractivity contribution in [1.29, 1.82) is 0 Å². The summed E-state index contributed by atoms with van der Waals surface area (Å²) in [5, 5.41) is 27.6. The number of terminal acetylenes is 1. The maximum absolute atomic E-state index is 13.7. The summed E-state index contributed by atoms with van der Waals surface area (Å²) in [6.07, 6.45) is 7.13. The number of nitrogens with one attached hydrogen (secondary N) is 2. The average Bonchev–Trinajstić information content (AvgIpc) is 3.86. The van der Waals surface area contributed by atoms with Gasteiger partial charge in [-0.15, -0.1) is 12.3 Å². The van der Waals surface area contributed by atoms with Crippen molar-refractivity contribution in [2.45, 2.75) is 108 Å². The van der Waals surface area contributed by atoms with E-state index in [9.17, 15) is 37.8 Å². The van der Waals surface area contributed by atoms with Crippen molar-refractivity contribution in [3.05, 3.63) is 35.9 Å². The van der Waals surface area contributed by atoms with E-state index < -0.39 is 60.7 Å². The number of amides is 3. The maximum atomic E-state index is 13.7. The molecule has 4 N–H and O–H groups in total. The Labute approximate surface area is 283 Å². The van der Waals surface area contributed by atoms with Crippen molar-refractivity contribution in [1.82, 2.24) is 20.4 Å².